The SMILES string of the molecule is Cc1c(C(=O)c2ncc[nH]2)[nH]c2ccccc12. The number of carbonyl (C=O) groups is 1. The summed E-state index contributed by atoms with van der Waals surface area (Å²) in [5.74, 6) is 0.253. The number of H-pyrrole nitrogens is 2. The number of ketones is 1. The van der Waals surface area contributed by atoms with Crippen molar-refractivity contribution in [2.45, 2.75) is 6.92 Å². The molecule has 0 saturated heterocycles. The normalized spacial score (nSPS) is 10.9. The molecule has 3 rings (SSSR count). The molecule has 1 aromatic carbocycles. The summed E-state index contributed by atoms with van der Waals surface area (Å²) in [4.78, 5) is 22.1. The van der Waals surface area contributed by atoms with Gasteiger partial charge in [-0.3, -0.25) is 4.79 Å². The van der Waals surface area contributed by atoms with Gasteiger partial charge in [-0.25, -0.2) is 4.98 Å². The number of hydrogen-bond acceptors (Lipinski definition) is 2. The molecule has 0 aliphatic heterocycles. The van der Waals surface area contributed by atoms with Gasteiger partial charge in [-0.05, 0) is 18.6 Å². The van der Waals surface area contributed by atoms with Gasteiger partial charge in [-0.1, -0.05) is 18.2 Å². The minimum Gasteiger partial charge on any atom is -0.351 e. The largest absolute Gasteiger partial charge is 0.351 e. The summed E-state index contributed by atoms with van der Waals surface area (Å²) in [6.45, 7) is 1.94. The quantitative estimate of drug-likeness (QED) is 0.658. The van der Waals surface area contributed by atoms with Crippen LogP contribution in [0.2, 0.25) is 0 Å². The Hall–Kier alpha value is -2.36. The Kier molecular flexibility index (Phi) is 2.08. The number of imidazole rings is 1. The van der Waals surface area contributed by atoms with Crippen molar-refractivity contribution in [2.75, 3.05) is 0 Å². The van der Waals surface area contributed by atoms with Crippen molar-refractivity contribution < 1.29 is 4.79 Å². The molecule has 2 heterocycles. The lowest BCUT2D eigenvalue weighted by molar-refractivity contribution is 0.102. The average Bonchev–Trinajstić information content (AvgIpc) is 2.97. The first-order chi connectivity index (χ1) is 8.27. The van der Waals surface area contributed by atoms with E-state index in [1.807, 2.05) is 31.2 Å². The van der Waals surface area contributed by atoms with Crippen LogP contribution >= 0.6 is 0 Å². The number of carbonyl (C=O) groups excluding carboxylic acids is 1. The van der Waals surface area contributed by atoms with E-state index in [0.29, 0.717) is 11.5 Å². The summed E-state index contributed by atoms with van der Waals surface area (Å²) in [7, 11) is 0. The maximum atomic E-state index is 12.2. The van der Waals surface area contributed by atoms with Crippen LogP contribution in [0.4, 0.5) is 0 Å². The van der Waals surface area contributed by atoms with E-state index in [2.05, 4.69) is 15.0 Å². The van der Waals surface area contributed by atoms with E-state index < -0.39 is 0 Å². The van der Waals surface area contributed by atoms with Crippen LogP contribution in [-0.4, -0.2) is 20.7 Å². The van der Waals surface area contributed by atoms with Crippen molar-refractivity contribution in [3.63, 3.8) is 0 Å². The van der Waals surface area contributed by atoms with E-state index in [0.717, 1.165) is 16.5 Å². The standard InChI is InChI=1S/C13H11N3O/c1-8-9-4-2-3-5-10(9)16-11(8)12(17)13-14-6-7-15-13/h2-7,16H,1H3,(H,14,15). The maximum absolute atomic E-state index is 12.2. The Morgan fingerprint density at radius 1 is 1.29 bits per heavy atom. The minimum atomic E-state index is -0.108. The van der Waals surface area contributed by atoms with Crippen LogP contribution in [0, 0.1) is 6.92 Å². The van der Waals surface area contributed by atoms with E-state index in [1.54, 1.807) is 12.4 Å². The highest BCUT2D eigenvalue weighted by atomic mass is 16.1. The van der Waals surface area contributed by atoms with E-state index in [1.165, 1.54) is 0 Å². The predicted molar refractivity (Wildman–Crippen MR) is 65.1 cm³/mol. The van der Waals surface area contributed by atoms with Crippen LogP contribution < -0.4 is 0 Å². The molecule has 0 saturated carbocycles. The Balaban J connectivity index is 2.18. The number of nitrogens with zero attached hydrogens (tertiary/aromatic N) is 1. The van der Waals surface area contributed by atoms with Gasteiger partial charge in [0.2, 0.25) is 5.78 Å². The second-order valence-electron chi connectivity index (χ2n) is 3.94. The maximum Gasteiger partial charge on any atom is 0.244 e. The molecule has 3 aromatic rings. The summed E-state index contributed by atoms with van der Waals surface area (Å²) in [5.41, 5.74) is 2.53. The number of fused-ring (bicyclic) bond motifs is 1. The minimum absolute atomic E-state index is 0.108. The summed E-state index contributed by atoms with van der Waals surface area (Å²) < 4.78 is 0. The third-order valence-corrected chi connectivity index (χ3v) is 2.91. The zero-order valence-corrected chi connectivity index (χ0v) is 9.32. The Morgan fingerprint density at radius 2 is 2.12 bits per heavy atom. The molecule has 2 aromatic heterocycles. The van der Waals surface area contributed by atoms with Gasteiger partial charge >= 0.3 is 0 Å². The second kappa shape index (κ2) is 3.59. The number of hydrogen-bond donors (Lipinski definition) is 2. The fraction of sp³-hybridized carbons (Fsp3) is 0.0769. The van der Waals surface area contributed by atoms with Crippen LogP contribution in [0.5, 0.6) is 0 Å². The third kappa shape index (κ3) is 1.45. The van der Waals surface area contributed by atoms with Gasteiger partial charge in [-0.15, -0.1) is 0 Å². The van der Waals surface area contributed by atoms with Gasteiger partial charge in [0, 0.05) is 23.3 Å². The molecule has 84 valence electrons. The van der Waals surface area contributed by atoms with Gasteiger partial charge < -0.3 is 9.97 Å². The van der Waals surface area contributed by atoms with Gasteiger partial charge in [0.1, 0.15) is 0 Å². The lowest BCUT2D eigenvalue weighted by Gasteiger charge is -1.95. The van der Waals surface area contributed by atoms with Crippen LogP contribution in [0.25, 0.3) is 10.9 Å². The van der Waals surface area contributed by atoms with Crippen LogP contribution in [-0.2, 0) is 0 Å². The second-order valence-corrected chi connectivity index (χ2v) is 3.94. The Morgan fingerprint density at radius 3 is 2.82 bits per heavy atom. The van der Waals surface area contributed by atoms with Crippen molar-refractivity contribution in [3.8, 4) is 0 Å². The number of rotatable bonds is 2. The molecule has 0 atom stereocenters. The fourth-order valence-corrected chi connectivity index (χ4v) is 2.02. The molecular formula is C13H11N3O. The first kappa shape index (κ1) is 9.84. The van der Waals surface area contributed by atoms with Crippen molar-refractivity contribution in [1.82, 2.24) is 15.0 Å². The summed E-state index contributed by atoms with van der Waals surface area (Å²) in [6, 6.07) is 7.87. The van der Waals surface area contributed by atoms with Crippen molar-refractivity contribution in [3.05, 3.63) is 53.7 Å². The molecule has 4 nitrogen and oxygen atoms in total. The van der Waals surface area contributed by atoms with Crippen molar-refractivity contribution in [2.24, 2.45) is 0 Å². The Bertz CT molecular complexity index is 680. The monoisotopic (exact) mass is 225 g/mol. The summed E-state index contributed by atoms with van der Waals surface area (Å²) in [5, 5.41) is 1.07. The van der Waals surface area contributed by atoms with Crippen molar-refractivity contribution in [1.29, 1.82) is 0 Å². The van der Waals surface area contributed by atoms with Gasteiger partial charge in [0.15, 0.2) is 5.82 Å². The lowest BCUT2D eigenvalue weighted by Crippen LogP contribution is -2.05. The highest BCUT2D eigenvalue weighted by Crippen LogP contribution is 2.22. The zero-order chi connectivity index (χ0) is 11.8. The first-order valence-corrected chi connectivity index (χ1v) is 5.39. The highest BCUT2D eigenvalue weighted by molar-refractivity contribution is 6.09. The number of aryl methyl sites for hydroxylation is 1. The molecule has 2 N–H and O–H groups in total. The third-order valence-electron chi connectivity index (χ3n) is 2.91. The van der Waals surface area contributed by atoms with Crippen LogP contribution in [0.3, 0.4) is 0 Å². The number of para-hydroxylation sites is 1. The number of nitrogens with one attached hydrogen (secondary N) is 2. The van der Waals surface area contributed by atoms with E-state index in [9.17, 15) is 4.79 Å². The summed E-state index contributed by atoms with van der Waals surface area (Å²) in [6.07, 6.45) is 3.22. The van der Waals surface area contributed by atoms with Gasteiger partial charge in [0.25, 0.3) is 0 Å². The smallest absolute Gasteiger partial charge is 0.244 e. The molecule has 0 radical (unpaired) electrons. The molecule has 0 aliphatic rings. The molecule has 0 aliphatic carbocycles. The van der Waals surface area contributed by atoms with Crippen LogP contribution in [0.1, 0.15) is 21.9 Å². The molecule has 17 heavy (non-hydrogen) atoms. The van der Waals surface area contributed by atoms with E-state index in [-0.39, 0.29) is 5.78 Å². The number of aromatic amines is 2. The molecule has 0 amide bonds. The van der Waals surface area contributed by atoms with Gasteiger partial charge in [0.05, 0.1) is 5.69 Å². The zero-order valence-electron chi connectivity index (χ0n) is 9.32. The molecule has 0 bridgehead atoms. The first-order valence-electron chi connectivity index (χ1n) is 5.39. The van der Waals surface area contributed by atoms with Crippen LogP contribution in [0.15, 0.2) is 36.7 Å². The lowest BCUT2D eigenvalue weighted by atomic mass is 10.1. The molecule has 0 spiro atoms. The van der Waals surface area contributed by atoms with E-state index >= 15 is 0 Å². The highest BCUT2D eigenvalue weighted by Gasteiger charge is 2.17. The fourth-order valence-electron chi connectivity index (χ4n) is 2.02. The molecule has 0 fully saturated rings. The number of aromatic nitrogens is 3. The predicted octanol–water partition coefficient (Wildman–Crippen LogP) is 2.43. The summed E-state index contributed by atoms with van der Waals surface area (Å²) >= 11 is 0. The average molecular weight is 225 g/mol. The molecule has 4 heteroatoms. The molecular weight excluding hydrogens is 214 g/mol. The van der Waals surface area contributed by atoms with Crippen molar-refractivity contribution >= 4 is 16.7 Å². The Labute approximate surface area is 97.7 Å². The topological polar surface area (TPSA) is 61.5 Å². The van der Waals surface area contributed by atoms with E-state index in [4.69, 9.17) is 0 Å². The molecule has 0 unspecified atom stereocenters. The number of benzene rings is 1. The van der Waals surface area contributed by atoms with Gasteiger partial charge in [-0.2, -0.15) is 0 Å².